The first kappa shape index (κ1) is 22.8. The summed E-state index contributed by atoms with van der Waals surface area (Å²) in [4.78, 5) is 24.2. The van der Waals surface area contributed by atoms with Crippen molar-refractivity contribution in [3.8, 4) is 17.0 Å². The van der Waals surface area contributed by atoms with Gasteiger partial charge >= 0.3 is 0 Å². The Hall–Kier alpha value is -3.01. The highest BCUT2D eigenvalue weighted by Gasteiger charge is 2.44. The highest BCUT2D eigenvalue weighted by atomic mass is 16.6. The molecule has 2 aliphatic rings. The Morgan fingerprint density at radius 3 is 3.00 bits per heavy atom. The molecule has 9 heteroatoms. The zero-order valence-corrected chi connectivity index (χ0v) is 19.8. The van der Waals surface area contributed by atoms with Crippen molar-refractivity contribution >= 4 is 22.6 Å². The molecule has 1 fully saturated rings. The number of pyridine rings is 2. The standard InChI is InChI=1S/C25H30N4O5/c1-15(31-3)4-7-33-22-11-20(29-24-17(22)5-8-34-25(24)6-9-32-14-25)19-12-26-21-13-27-23(10-18(19)21)28-16(2)30/h10-13,15,26H,4-9,14H2,1-3H3,(H,27,28,30)/t15-,25?/m1/s1. The number of hydrogen-bond donors (Lipinski definition) is 2. The molecule has 34 heavy (non-hydrogen) atoms. The predicted octanol–water partition coefficient (Wildman–Crippen LogP) is 3.58. The van der Waals surface area contributed by atoms with Crippen molar-refractivity contribution in [1.29, 1.82) is 0 Å². The van der Waals surface area contributed by atoms with E-state index < -0.39 is 5.60 Å². The number of rotatable bonds is 7. The Labute approximate surface area is 198 Å². The molecule has 1 spiro atoms. The number of aromatic nitrogens is 3. The molecule has 0 radical (unpaired) electrons. The van der Waals surface area contributed by atoms with Crippen LogP contribution in [0.1, 0.15) is 37.9 Å². The fourth-order valence-electron chi connectivity index (χ4n) is 4.63. The van der Waals surface area contributed by atoms with Gasteiger partial charge in [-0.1, -0.05) is 0 Å². The number of carbonyl (C=O) groups excluding carboxylic acids is 1. The van der Waals surface area contributed by atoms with Crippen molar-refractivity contribution in [2.75, 3.05) is 38.9 Å². The van der Waals surface area contributed by atoms with E-state index in [1.165, 1.54) is 6.92 Å². The first-order chi connectivity index (χ1) is 16.5. The Morgan fingerprint density at radius 2 is 2.24 bits per heavy atom. The summed E-state index contributed by atoms with van der Waals surface area (Å²) in [6.07, 6.45) is 6.03. The van der Waals surface area contributed by atoms with Gasteiger partial charge in [0.05, 0.1) is 49.0 Å². The predicted molar refractivity (Wildman–Crippen MR) is 127 cm³/mol. The van der Waals surface area contributed by atoms with Gasteiger partial charge in [0.15, 0.2) is 0 Å². The minimum absolute atomic E-state index is 0.114. The van der Waals surface area contributed by atoms with Crippen molar-refractivity contribution in [2.24, 2.45) is 0 Å². The highest BCUT2D eigenvalue weighted by molar-refractivity contribution is 5.97. The van der Waals surface area contributed by atoms with Crippen LogP contribution in [-0.4, -0.2) is 60.5 Å². The molecule has 2 aliphatic heterocycles. The van der Waals surface area contributed by atoms with Gasteiger partial charge in [0, 0.05) is 68.7 Å². The molecule has 5 rings (SSSR count). The van der Waals surface area contributed by atoms with Gasteiger partial charge in [-0.05, 0) is 13.0 Å². The van der Waals surface area contributed by atoms with Crippen molar-refractivity contribution in [2.45, 2.75) is 44.8 Å². The largest absolute Gasteiger partial charge is 0.493 e. The SMILES string of the molecule is CO[C@H](C)CCOc1cc(-c2c[nH]c3cnc(NC(C)=O)cc23)nc2c1CCOC21CCOC1. The Bertz CT molecular complexity index is 1200. The lowest BCUT2D eigenvalue weighted by Crippen LogP contribution is -2.37. The van der Waals surface area contributed by atoms with Gasteiger partial charge in [-0.3, -0.25) is 4.79 Å². The molecule has 0 bridgehead atoms. The number of nitrogens with one attached hydrogen (secondary N) is 2. The first-order valence-corrected chi connectivity index (χ1v) is 11.7. The molecule has 9 nitrogen and oxygen atoms in total. The number of methoxy groups -OCH3 is 1. The number of aromatic amines is 1. The topological polar surface area (TPSA) is 108 Å². The minimum Gasteiger partial charge on any atom is -0.493 e. The average Bonchev–Trinajstić information content (AvgIpc) is 3.46. The van der Waals surface area contributed by atoms with E-state index in [2.05, 4.69) is 15.3 Å². The van der Waals surface area contributed by atoms with Crippen LogP contribution < -0.4 is 10.1 Å². The quantitative estimate of drug-likeness (QED) is 0.548. The Kier molecular flexibility index (Phi) is 6.24. The van der Waals surface area contributed by atoms with E-state index in [9.17, 15) is 4.79 Å². The third-order valence-electron chi connectivity index (χ3n) is 6.56. The second kappa shape index (κ2) is 9.32. The van der Waals surface area contributed by atoms with Crippen LogP contribution in [0.4, 0.5) is 5.82 Å². The number of carbonyl (C=O) groups is 1. The van der Waals surface area contributed by atoms with Gasteiger partial charge in [0.2, 0.25) is 5.91 Å². The minimum atomic E-state index is -0.545. The lowest BCUT2D eigenvalue weighted by molar-refractivity contribution is -0.114. The third kappa shape index (κ3) is 4.26. The molecule has 180 valence electrons. The molecule has 0 aliphatic carbocycles. The van der Waals surface area contributed by atoms with E-state index in [1.807, 2.05) is 25.3 Å². The molecule has 2 N–H and O–H groups in total. The zero-order chi connectivity index (χ0) is 23.7. The summed E-state index contributed by atoms with van der Waals surface area (Å²) >= 11 is 0. The fourth-order valence-corrected chi connectivity index (χ4v) is 4.63. The maximum atomic E-state index is 11.5. The van der Waals surface area contributed by atoms with E-state index in [-0.39, 0.29) is 12.0 Å². The molecule has 2 atom stereocenters. The van der Waals surface area contributed by atoms with E-state index in [0.29, 0.717) is 32.2 Å². The molecule has 1 saturated heterocycles. The first-order valence-electron chi connectivity index (χ1n) is 11.7. The van der Waals surface area contributed by atoms with Crippen LogP contribution >= 0.6 is 0 Å². The van der Waals surface area contributed by atoms with Crippen molar-refractivity contribution < 1.29 is 23.7 Å². The summed E-state index contributed by atoms with van der Waals surface area (Å²) in [5, 5.41) is 3.67. The highest BCUT2D eigenvalue weighted by Crippen LogP contribution is 2.43. The summed E-state index contributed by atoms with van der Waals surface area (Å²) in [6, 6.07) is 3.86. The van der Waals surface area contributed by atoms with Crippen LogP contribution in [0.5, 0.6) is 5.75 Å². The van der Waals surface area contributed by atoms with Crippen molar-refractivity contribution in [3.63, 3.8) is 0 Å². The van der Waals surface area contributed by atoms with Crippen LogP contribution in [0.15, 0.2) is 24.5 Å². The van der Waals surface area contributed by atoms with Crippen LogP contribution in [0.2, 0.25) is 0 Å². The number of ether oxygens (including phenoxy) is 4. The fraction of sp³-hybridized carbons (Fsp3) is 0.480. The molecular formula is C25H30N4O5. The Morgan fingerprint density at radius 1 is 1.35 bits per heavy atom. The van der Waals surface area contributed by atoms with Gasteiger partial charge in [-0.15, -0.1) is 0 Å². The van der Waals surface area contributed by atoms with E-state index in [1.54, 1.807) is 13.3 Å². The van der Waals surface area contributed by atoms with E-state index in [4.69, 9.17) is 23.9 Å². The van der Waals surface area contributed by atoms with Gasteiger partial charge in [0.1, 0.15) is 17.2 Å². The smallest absolute Gasteiger partial charge is 0.222 e. The van der Waals surface area contributed by atoms with Gasteiger partial charge < -0.3 is 29.2 Å². The molecule has 0 aromatic carbocycles. The monoisotopic (exact) mass is 466 g/mol. The van der Waals surface area contributed by atoms with Crippen LogP contribution in [0.3, 0.4) is 0 Å². The molecule has 3 aromatic heterocycles. The lowest BCUT2D eigenvalue weighted by atomic mass is 9.89. The molecule has 1 unspecified atom stereocenters. The third-order valence-corrected chi connectivity index (χ3v) is 6.56. The number of H-pyrrole nitrogens is 1. The maximum Gasteiger partial charge on any atom is 0.222 e. The van der Waals surface area contributed by atoms with Crippen LogP contribution in [0.25, 0.3) is 22.2 Å². The Balaban J connectivity index is 1.60. The molecule has 1 amide bonds. The van der Waals surface area contributed by atoms with E-state index in [0.717, 1.165) is 58.4 Å². The molecule has 3 aromatic rings. The zero-order valence-electron chi connectivity index (χ0n) is 19.8. The van der Waals surface area contributed by atoms with Crippen LogP contribution in [-0.2, 0) is 31.0 Å². The summed E-state index contributed by atoms with van der Waals surface area (Å²) < 4.78 is 23.7. The van der Waals surface area contributed by atoms with Gasteiger partial charge in [-0.25, -0.2) is 9.97 Å². The summed E-state index contributed by atoms with van der Waals surface area (Å²) in [7, 11) is 1.71. The van der Waals surface area contributed by atoms with Crippen molar-refractivity contribution in [3.05, 3.63) is 35.8 Å². The van der Waals surface area contributed by atoms with Crippen molar-refractivity contribution in [1.82, 2.24) is 15.0 Å². The number of anilines is 1. The molecular weight excluding hydrogens is 436 g/mol. The average molecular weight is 467 g/mol. The number of hydrogen-bond acceptors (Lipinski definition) is 7. The summed E-state index contributed by atoms with van der Waals surface area (Å²) in [6.45, 7) is 5.78. The number of nitrogens with zero attached hydrogens (tertiary/aromatic N) is 2. The summed E-state index contributed by atoms with van der Waals surface area (Å²) in [5.41, 5.74) is 3.98. The maximum absolute atomic E-state index is 11.5. The number of amides is 1. The van der Waals surface area contributed by atoms with Gasteiger partial charge in [0.25, 0.3) is 0 Å². The molecule has 5 heterocycles. The lowest BCUT2D eigenvalue weighted by Gasteiger charge is -2.34. The van der Waals surface area contributed by atoms with Gasteiger partial charge in [-0.2, -0.15) is 0 Å². The van der Waals surface area contributed by atoms with Crippen LogP contribution in [0, 0.1) is 0 Å². The molecule has 0 saturated carbocycles. The second-order valence-electron chi connectivity index (χ2n) is 8.91. The normalized spacial score (nSPS) is 20.4. The van der Waals surface area contributed by atoms with E-state index >= 15 is 0 Å². The summed E-state index contributed by atoms with van der Waals surface area (Å²) in [5.74, 6) is 1.15. The second-order valence-corrected chi connectivity index (χ2v) is 8.91. The number of fused-ring (bicyclic) bond motifs is 3.